The van der Waals surface area contributed by atoms with Crippen LogP contribution in [0.15, 0.2) is 34.7 Å². The molecule has 1 heterocycles. The first kappa shape index (κ1) is 18.9. The Kier molecular flexibility index (Phi) is 5.80. The highest BCUT2D eigenvalue weighted by molar-refractivity contribution is 5.98. The SMILES string of the molecule is Cc1ccc(C(C)(O)CNC(=O)CCC(=O)c2ccc(C)c(C)c2)o1. The highest BCUT2D eigenvalue weighted by Gasteiger charge is 2.27. The van der Waals surface area contributed by atoms with Crippen LogP contribution >= 0.6 is 0 Å². The van der Waals surface area contributed by atoms with Crippen molar-refractivity contribution in [2.45, 2.75) is 46.1 Å². The van der Waals surface area contributed by atoms with Crippen molar-refractivity contribution in [3.05, 3.63) is 58.5 Å². The van der Waals surface area contributed by atoms with Gasteiger partial charge >= 0.3 is 0 Å². The maximum atomic E-state index is 12.2. The van der Waals surface area contributed by atoms with E-state index >= 15 is 0 Å². The summed E-state index contributed by atoms with van der Waals surface area (Å²) in [4.78, 5) is 24.2. The van der Waals surface area contributed by atoms with Crippen LogP contribution in [-0.4, -0.2) is 23.3 Å². The van der Waals surface area contributed by atoms with Crippen LogP contribution in [-0.2, 0) is 10.4 Å². The second-order valence-electron chi connectivity index (χ2n) is 6.68. The van der Waals surface area contributed by atoms with Gasteiger partial charge in [0, 0.05) is 18.4 Å². The van der Waals surface area contributed by atoms with Crippen molar-refractivity contribution in [3.8, 4) is 0 Å². The van der Waals surface area contributed by atoms with Gasteiger partial charge in [-0.25, -0.2) is 0 Å². The number of hydrogen-bond acceptors (Lipinski definition) is 4. The zero-order chi connectivity index (χ0) is 18.6. The molecule has 0 saturated carbocycles. The Morgan fingerprint density at radius 2 is 1.80 bits per heavy atom. The zero-order valence-corrected chi connectivity index (χ0v) is 15.2. The molecule has 134 valence electrons. The molecule has 5 nitrogen and oxygen atoms in total. The number of aryl methyl sites for hydroxylation is 3. The van der Waals surface area contributed by atoms with E-state index in [0.717, 1.165) is 11.1 Å². The number of carbonyl (C=O) groups is 2. The van der Waals surface area contributed by atoms with Gasteiger partial charge in [-0.05, 0) is 57.0 Å². The Bertz CT molecular complexity index is 774. The fraction of sp³-hybridized carbons (Fsp3) is 0.400. The summed E-state index contributed by atoms with van der Waals surface area (Å²) in [6.07, 6.45) is 0.218. The summed E-state index contributed by atoms with van der Waals surface area (Å²) in [5.41, 5.74) is 1.51. The van der Waals surface area contributed by atoms with Gasteiger partial charge in [-0.2, -0.15) is 0 Å². The Balaban J connectivity index is 1.84. The van der Waals surface area contributed by atoms with E-state index in [9.17, 15) is 14.7 Å². The van der Waals surface area contributed by atoms with Gasteiger partial charge in [0.2, 0.25) is 5.91 Å². The van der Waals surface area contributed by atoms with Gasteiger partial charge in [0.05, 0.1) is 6.54 Å². The van der Waals surface area contributed by atoms with Crippen molar-refractivity contribution in [2.75, 3.05) is 6.54 Å². The van der Waals surface area contributed by atoms with E-state index in [0.29, 0.717) is 17.1 Å². The number of amides is 1. The number of furan rings is 1. The molecule has 2 rings (SSSR count). The highest BCUT2D eigenvalue weighted by atomic mass is 16.4. The fourth-order valence-electron chi connectivity index (χ4n) is 2.46. The van der Waals surface area contributed by atoms with Crippen molar-refractivity contribution in [1.82, 2.24) is 5.32 Å². The molecule has 0 radical (unpaired) electrons. The number of carbonyl (C=O) groups excluding carboxylic acids is 2. The van der Waals surface area contributed by atoms with Crippen LogP contribution in [0.25, 0.3) is 0 Å². The molecule has 1 unspecified atom stereocenters. The third-order valence-electron chi connectivity index (χ3n) is 4.31. The van der Waals surface area contributed by atoms with Crippen molar-refractivity contribution in [2.24, 2.45) is 0 Å². The molecular weight excluding hydrogens is 318 g/mol. The molecule has 1 atom stereocenters. The molecule has 5 heteroatoms. The average Bonchev–Trinajstić information content (AvgIpc) is 3.00. The quantitative estimate of drug-likeness (QED) is 0.757. The van der Waals surface area contributed by atoms with E-state index in [4.69, 9.17) is 4.42 Å². The van der Waals surface area contributed by atoms with Crippen molar-refractivity contribution < 1.29 is 19.1 Å². The maximum absolute atomic E-state index is 12.2. The molecule has 0 aliphatic heterocycles. The van der Waals surface area contributed by atoms with Crippen LogP contribution in [0.3, 0.4) is 0 Å². The van der Waals surface area contributed by atoms with Crippen molar-refractivity contribution in [3.63, 3.8) is 0 Å². The second-order valence-corrected chi connectivity index (χ2v) is 6.68. The summed E-state index contributed by atoms with van der Waals surface area (Å²) >= 11 is 0. The number of hydrogen-bond donors (Lipinski definition) is 2. The summed E-state index contributed by atoms with van der Waals surface area (Å²) in [6, 6.07) is 8.98. The lowest BCUT2D eigenvalue weighted by Crippen LogP contribution is -2.38. The summed E-state index contributed by atoms with van der Waals surface area (Å²) in [5.74, 6) is 0.754. The van der Waals surface area contributed by atoms with Crippen LogP contribution in [0.5, 0.6) is 0 Å². The molecule has 0 bridgehead atoms. The topological polar surface area (TPSA) is 79.5 Å². The molecule has 2 N–H and O–H groups in total. The van der Waals surface area contributed by atoms with Crippen LogP contribution in [0.1, 0.15) is 52.8 Å². The molecule has 1 aromatic heterocycles. The Hall–Kier alpha value is -2.40. The van der Waals surface area contributed by atoms with E-state index < -0.39 is 5.60 Å². The monoisotopic (exact) mass is 343 g/mol. The van der Waals surface area contributed by atoms with Gasteiger partial charge < -0.3 is 14.8 Å². The number of rotatable bonds is 7. The van der Waals surface area contributed by atoms with Gasteiger partial charge in [-0.15, -0.1) is 0 Å². The van der Waals surface area contributed by atoms with Crippen molar-refractivity contribution >= 4 is 11.7 Å². The predicted octanol–water partition coefficient (Wildman–Crippen LogP) is 3.19. The average molecular weight is 343 g/mol. The van der Waals surface area contributed by atoms with E-state index in [1.165, 1.54) is 0 Å². The summed E-state index contributed by atoms with van der Waals surface area (Å²) in [7, 11) is 0. The van der Waals surface area contributed by atoms with Gasteiger partial charge in [0.1, 0.15) is 17.1 Å². The minimum absolute atomic E-state index is 0.0244. The largest absolute Gasteiger partial charge is 0.463 e. The third-order valence-corrected chi connectivity index (χ3v) is 4.31. The van der Waals surface area contributed by atoms with E-state index in [1.54, 1.807) is 32.0 Å². The van der Waals surface area contributed by atoms with Crippen LogP contribution in [0, 0.1) is 20.8 Å². The van der Waals surface area contributed by atoms with E-state index in [1.807, 2.05) is 26.0 Å². The number of aliphatic hydroxyl groups is 1. The van der Waals surface area contributed by atoms with Gasteiger partial charge in [-0.1, -0.05) is 12.1 Å². The molecule has 2 aromatic rings. The Morgan fingerprint density at radius 3 is 2.40 bits per heavy atom. The molecule has 0 saturated heterocycles. The highest BCUT2D eigenvalue weighted by Crippen LogP contribution is 2.22. The molecule has 0 aliphatic carbocycles. The summed E-state index contributed by atoms with van der Waals surface area (Å²) in [5, 5.41) is 13.0. The Labute approximate surface area is 148 Å². The van der Waals surface area contributed by atoms with Crippen molar-refractivity contribution in [1.29, 1.82) is 0 Å². The maximum Gasteiger partial charge on any atom is 0.220 e. The first-order chi connectivity index (χ1) is 11.7. The van der Waals surface area contributed by atoms with Gasteiger partial charge in [-0.3, -0.25) is 9.59 Å². The first-order valence-corrected chi connectivity index (χ1v) is 8.35. The minimum atomic E-state index is -1.29. The van der Waals surface area contributed by atoms with Gasteiger partial charge in [0.15, 0.2) is 5.78 Å². The number of nitrogens with one attached hydrogen (secondary N) is 1. The van der Waals surface area contributed by atoms with E-state index in [2.05, 4.69) is 5.32 Å². The fourth-order valence-corrected chi connectivity index (χ4v) is 2.46. The normalized spacial score (nSPS) is 13.3. The number of ketones is 1. The van der Waals surface area contributed by atoms with Crippen LogP contribution in [0.4, 0.5) is 0 Å². The second kappa shape index (κ2) is 7.66. The molecule has 1 aromatic carbocycles. The first-order valence-electron chi connectivity index (χ1n) is 8.35. The summed E-state index contributed by atoms with van der Waals surface area (Å²) in [6.45, 7) is 7.33. The number of benzene rings is 1. The molecule has 25 heavy (non-hydrogen) atoms. The molecule has 1 amide bonds. The molecule has 0 spiro atoms. The molecule has 0 aliphatic rings. The van der Waals surface area contributed by atoms with Gasteiger partial charge in [0.25, 0.3) is 0 Å². The number of Topliss-reactive ketones (excluding diaryl/α,β-unsaturated/α-hetero) is 1. The lowest BCUT2D eigenvalue weighted by molar-refractivity contribution is -0.122. The Morgan fingerprint density at radius 1 is 1.08 bits per heavy atom. The minimum Gasteiger partial charge on any atom is -0.463 e. The standard InChI is InChI=1S/C20H25NO4/c1-13-5-7-16(11-14(13)2)17(22)8-10-19(23)21-12-20(4,24)18-9-6-15(3)25-18/h5-7,9,11,24H,8,10,12H2,1-4H3,(H,21,23). The van der Waals surface area contributed by atoms with Crippen LogP contribution < -0.4 is 5.32 Å². The van der Waals surface area contributed by atoms with Crippen LogP contribution in [0.2, 0.25) is 0 Å². The zero-order valence-electron chi connectivity index (χ0n) is 15.2. The lowest BCUT2D eigenvalue weighted by Gasteiger charge is -2.21. The predicted molar refractivity (Wildman–Crippen MR) is 95.5 cm³/mol. The third kappa shape index (κ3) is 5.03. The molecular formula is C20H25NO4. The smallest absolute Gasteiger partial charge is 0.220 e. The van der Waals surface area contributed by atoms with E-state index in [-0.39, 0.29) is 31.1 Å². The molecule has 0 fully saturated rings. The summed E-state index contributed by atoms with van der Waals surface area (Å²) < 4.78 is 5.40. The lowest BCUT2D eigenvalue weighted by atomic mass is 10.0.